The fourth-order valence-electron chi connectivity index (χ4n) is 4.65. The van der Waals surface area contributed by atoms with Crippen LogP contribution in [0.5, 0.6) is 0 Å². The maximum absolute atomic E-state index is 13.1. The van der Waals surface area contributed by atoms with Gasteiger partial charge in [0.25, 0.3) is 5.91 Å². The summed E-state index contributed by atoms with van der Waals surface area (Å²) >= 11 is 6.59. The number of benzene rings is 2. The van der Waals surface area contributed by atoms with E-state index in [9.17, 15) is 9.90 Å². The van der Waals surface area contributed by atoms with Gasteiger partial charge in [-0.3, -0.25) is 9.79 Å². The van der Waals surface area contributed by atoms with Gasteiger partial charge in [0.15, 0.2) is 0 Å². The van der Waals surface area contributed by atoms with Crippen LogP contribution in [-0.2, 0) is 13.0 Å². The van der Waals surface area contributed by atoms with Gasteiger partial charge in [-0.2, -0.15) is 0 Å². The lowest BCUT2D eigenvalue weighted by Gasteiger charge is -2.35. The molecule has 0 radical (unpaired) electrons. The van der Waals surface area contributed by atoms with Gasteiger partial charge >= 0.3 is 0 Å². The lowest BCUT2D eigenvalue weighted by atomic mass is 9.91. The number of aliphatic hydroxyl groups excluding tert-OH is 1. The van der Waals surface area contributed by atoms with Gasteiger partial charge in [-0.05, 0) is 53.6 Å². The molecule has 162 valence electrons. The summed E-state index contributed by atoms with van der Waals surface area (Å²) in [6, 6.07) is 11.8. The van der Waals surface area contributed by atoms with Crippen LogP contribution < -0.4 is 5.73 Å². The van der Waals surface area contributed by atoms with Gasteiger partial charge in [0, 0.05) is 42.2 Å². The summed E-state index contributed by atoms with van der Waals surface area (Å²) in [6.07, 6.45) is 7.16. The molecular weight excluding hydrogens is 410 g/mol. The molecule has 1 aliphatic heterocycles. The fraction of sp³-hybridized carbons (Fsp3) is 0.360. The SMILES string of the molecule is CN=CC(=CN)c1ccc(Cc2cc3c(cc2Cl)CN([C@H]2CCCC[C@@H]2O)C3=O)cc1. The van der Waals surface area contributed by atoms with Gasteiger partial charge in [-0.25, -0.2) is 0 Å². The molecule has 2 aromatic rings. The smallest absolute Gasteiger partial charge is 0.254 e. The lowest BCUT2D eigenvalue weighted by molar-refractivity contribution is 0.0191. The van der Waals surface area contributed by atoms with Crippen LogP contribution in [0.15, 0.2) is 47.6 Å². The van der Waals surface area contributed by atoms with Crippen molar-refractivity contribution in [2.75, 3.05) is 7.05 Å². The van der Waals surface area contributed by atoms with Crippen molar-refractivity contribution < 1.29 is 9.90 Å². The van der Waals surface area contributed by atoms with Gasteiger partial charge in [0.1, 0.15) is 0 Å². The summed E-state index contributed by atoms with van der Waals surface area (Å²) in [5, 5.41) is 11.1. The minimum Gasteiger partial charge on any atom is -0.404 e. The van der Waals surface area contributed by atoms with Crippen molar-refractivity contribution in [3.8, 4) is 0 Å². The number of nitrogens with two attached hydrogens (primary N) is 1. The highest BCUT2D eigenvalue weighted by molar-refractivity contribution is 6.31. The second-order valence-corrected chi connectivity index (χ2v) is 8.74. The molecule has 31 heavy (non-hydrogen) atoms. The number of aliphatic hydroxyl groups is 1. The number of rotatable bonds is 5. The zero-order valence-electron chi connectivity index (χ0n) is 17.7. The number of hydrogen-bond donors (Lipinski definition) is 2. The van der Waals surface area contributed by atoms with Gasteiger partial charge in [0.2, 0.25) is 0 Å². The number of hydrogen-bond acceptors (Lipinski definition) is 4. The predicted molar refractivity (Wildman–Crippen MR) is 125 cm³/mol. The van der Waals surface area contributed by atoms with Crippen LogP contribution >= 0.6 is 11.6 Å². The molecular formula is C25H28ClN3O2. The zero-order chi connectivity index (χ0) is 22.0. The molecule has 2 aliphatic rings. The van der Waals surface area contributed by atoms with E-state index in [1.165, 1.54) is 0 Å². The summed E-state index contributed by atoms with van der Waals surface area (Å²) in [5.41, 5.74) is 11.2. The van der Waals surface area contributed by atoms with Gasteiger partial charge in [-0.1, -0.05) is 48.7 Å². The molecule has 6 heteroatoms. The van der Waals surface area contributed by atoms with Crippen LogP contribution in [0, 0.1) is 0 Å². The summed E-state index contributed by atoms with van der Waals surface area (Å²) in [5.74, 6) is 0.00536. The average Bonchev–Trinajstić information content (AvgIpc) is 3.08. The fourth-order valence-corrected chi connectivity index (χ4v) is 4.90. The number of carbonyl (C=O) groups excluding carboxylic acids is 1. The summed E-state index contributed by atoms with van der Waals surface area (Å²) in [4.78, 5) is 19.0. The molecule has 1 aliphatic carbocycles. The van der Waals surface area contributed by atoms with Crippen LogP contribution in [0.25, 0.3) is 5.57 Å². The molecule has 1 amide bonds. The second kappa shape index (κ2) is 9.25. The van der Waals surface area contributed by atoms with Gasteiger partial charge < -0.3 is 15.7 Å². The first-order valence-electron chi connectivity index (χ1n) is 10.8. The maximum Gasteiger partial charge on any atom is 0.254 e. The number of fused-ring (bicyclic) bond motifs is 1. The lowest BCUT2D eigenvalue weighted by Crippen LogP contribution is -2.45. The van der Waals surface area contributed by atoms with Crippen LogP contribution in [0.3, 0.4) is 0 Å². The van der Waals surface area contributed by atoms with E-state index >= 15 is 0 Å². The van der Waals surface area contributed by atoms with E-state index in [4.69, 9.17) is 17.3 Å². The molecule has 0 bridgehead atoms. The Kier molecular flexibility index (Phi) is 6.44. The molecule has 5 nitrogen and oxygen atoms in total. The van der Waals surface area contributed by atoms with E-state index in [0.29, 0.717) is 23.6 Å². The number of halogens is 1. The largest absolute Gasteiger partial charge is 0.404 e. The van der Waals surface area contributed by atoms with Crippen molar-refractivity contribution >= 4 is 29.3 Å². The Morgan fingerprint density at radius 2 is 2.00 bits per heavy atom. The van der Waals surface area contributed by atoms with Crippen LogP contribution in [-0.4, -0.2) is 41.3 Å². The molecule has 4 rings (SSSR count). The molecule has 1 saturated carbocycles. The zero-order valence-corrected chi connectivity index (χ0v) is 18.5. The molecule has 0 spiro atoms. The number of amides is 1. The number of carbonyl (C=O) groups is 1. The molecule has 2 atom stereocenters. The van der Waals surface area contributed by atoms with Gasteiger partial charge in [-0.15, -0.1) is 0 Å². The molecule has 0 aromatic heterocycles. The third kappa shape index (κ3) is 4.39. The van der Waals surface area contributed by atoms with E-state index in [-0.39, 0.29) is 11.9 Å². The third-order valence-corrected chi connectivity index (χ3v) is 6.68. The molecule has 2 aromatic carbocycles. The third-order valence-electron chi connectivity index (χ3n) is 6.33. The van der Waals surface area contributed by atoms with E-state index in [0.717, 1.165) is 53.5 Å². The number of nitrogens with zero attached hydrogens (tertiary/aromatic N) is 2. The number of allylic oxidation sites excluding steroid dienone is 1. The minimum atomic E-state index is -0.439. The predicted octanol–water partition coefficient (Wildman–Crippen LogP) is 4.19. The van der Waals surface area contributed by atoms with Crippen LogP contribution in [0.2, 0.25) is 5.02 Å². The van der Waals surface area contributed by atoms with Crippen LogP contribution in [0.4, 0.5) is 0 Å². The Morgan fingerprint density at radius 3 is 2.68 bits per heavy atom. The standard InChI is InChI=1S/C25H28ClN3O2/c1-28-14-20(13-27)17-8-6-16(7-9-17)10-18-11-21-19(12-22(18)26)15-29(25(21)31)23-4-2-3-5-24(23)30/h6-9,11-14,23-24,30H,2-5,10,15,27H2,1H3/t23-,24-/m0/s1. The van der Waals surface area contributed by atoms with Crippen molar-refractivity contribution in [2.45, 2.75) is 50.8 Å². The Morgan fingerprint density at radius 1 is 1.26 bits per heavy atom. The summed E-state index contributed by atoms with van der Waals surface area (Å²) < 4.78 is 0. The second-order valence-electron chi connectivity index (χ2n) is 8.34. The van der Waals surface area contributed by atoms with E-state index in [1.807, 2.05) is 41.3 Å². The van der Waals surface area contributed by atoms with Crippen molar-refractivity contribution in [3.63, 3.8) is 0 Å². The quantitative estimate of drug-likeness (QED) is 0.688. The van der Waals surface area contributed by atoms with E-state index in [2.05, 4.69) is 4.99 Å². The highest BCUT2D eigenvalue weighted by Crippen LogP contribution is 2.34. The number of aliphatic imine (C=N–C) groups is 1. The first-order chi connectivity index (χ1) is 15.0. The highest BCUT2D eigenvalue weighted by atomic mass is 35.5. The molecule has 0 saturated heterocycles. The van der Waals surface area contributed by atoms with Gasteiger partial charge in [0.05, 0.1) is 12.1 Å². The Bertz CT molecular complexity index is 1030. The van der Waals surface area contributed by atoms with Crippen molar-refractivity contribution in [3.05, 3.63) is 75.4 Å². The highest BCUT2D eigenvalue weighted by Gasteiger charge is 2.37. The average molecular weight is 438 g/mol. The Hall–Kier alpha value is -2.63. The van der Waals surface area contributed by atoms with E-state index < -0.39 is 6.10 Å². The van der Waals surface area contributed by atoms with Crippen LogP contribution in [0.1, 0.15) is 58.3 Å². The van der Waals surface area contributed by atoms with Crippen molar-refractivity contribution in [1.29, 1.82) is 0 Å². The first-order valence-corrected chi connectivity index (χ1v) is 11.1. The minimum absolute atomic E-state index is 0.00536. The monoisotopic (exact) mass is 437 g/mol. The van der Waals surface area contributed by atoms with E-state index in [1.54, 1.807) is 19.5 Å². The maximum atomic E-state index is 13.1. The molecule has 1 fully saturated rings. The normalized spacial score (nSPS) is 21.7. The van der Waals surface area contributed by atoms with Crippen molar-refractivity contribution in [1.82, 2.24) is 4.90 Å². The van der Waals surface area contributed by atoms with Crippen molar-refractivity contribution in [2.24, 2.45) is 10.7 Å². The topological polar surface area (TPSA) is 78.9 Å². The Balaban J connectivity index is 1.54. The molecule has 3 N–H and O–H groups in total. The first kappa shape index (κ1) is 21.6. The Labute approximate surface area is 188 Å². The summed E-state index contributed by atoms with van der Waals surface area (Å²) in [7, 11) is 1.71. The summed E-state index contributed by atoms with van der Waals surface area (Å²) in [6.45, 7) is 0.526. The molecule has 1 heterocycles. The molecule has 0 unspecified atom stereocenters.